The maximum Gasteiger partial charge on any atom is 0.305 e. The lowest BCUT2D eigenvalue weighted by atomic mass is 9.99. The first-order chi connectivity index (χ1) is 8.63. The molecule has 1 aromatic carbocycles. The van der Waals surface area contributed by atoms with Gasteiger partial charge in [-0.15, -0.1) is 0 Å². The molecule has 1 heterocycles. The lowest BCUT2D eigenvalue weighted by Gasteiger charge is -2.14. The Morgan fingerprint density at radius 3 is 2.94 bits per heavy atom. The Kier molecular flexibility index (Phi) is 3.43. The van der Waals surface area contributed by atoms with E-state index in [9.17, 15) is 4.79 Å². The first kappa shape index (κ1) is 12.3. The summed E-state index contributed by atoms with van der Waals surface area (Å²) in [6.45, 7) is 0. The Morgan fingerprint density at radius 1 is 1.50 bits per heavy atom. The van der Waals surface area contributed by atoms with E-state index in [1.807, 2.05) is 6.07 Å². The molecule has 0 amide bonds. The molecule has 0 aliphatic rings. The first-order valence-corrected chi connectivity index (χ1v) is 5.52. The van der Waals surface area contributed by atoms with Gasteiger partial charge >= 0.3 is 5.97 Å². The number of carbonyl (C=O) groups is 1. The number of benzene rings is 1. The maximum atomic E-state index is 10.7. The Labute approximate surface area is 104 Å². The number of methoxy groups -OCH3 is 1. The Morgan fingerprint density at radius 2 is 2.28 bits per heavy atom. The number of ether oxygens (including phenoxy) is 1. The van der Waals surface area contributed by atoms with Crippen molar-refractivity contribution in [2.45, 2.75) is 12.5 Å². The molecule has 1 atom stereocenters. The van der Waals surface area contributed by atoms with Gasteiger partial charge in [0.2, 0.25) is 0 Å². The van der Waals surface area contributed by atoms with E-state index in [1.54, 1.807) is 31.5 Å². The zero-order valence-electron chi connectivity index (χ0n) is 9.96. The molecule has 3 N–H and O–H groups in total. The van der Waals surface area contributed by atoms with Crippen LogP contribution in [-0.4, -0.2) is 23.2 Å². The summed E-state index contributed by atoms with van der Waals surface area (Å²) in [5.41, 5.74) is 7.36. The number of hydrogen-bond acceptors (Lipinski definition) is 4. The molecule has 1 unspecified atom stereocenters. The molecular formula is C13H14N2O3. The Balaban J connectivity index is 2.55. The number of nitrogens with zero attached hydrogens (tertiary/aromatic N) is 1. The van der Waals surface area contributed by atoms with E-state index in [4.69, 9.17) is 15.6 Å². The van der Waals surface area contributed by atoms with Crippen molar-refractivity contribution in [2.24, 2.45) is 5.73 Å². The molecular weight excluding hydrogens is 232 g/mol. The van der Waals surface area contributed by atoms with Crippen LogP contribution in [0.15, 0.2) is 30.5 Å². The molecule has 18 heavy (non-hydrogen) atoms. The normalized spacial score (nSPS) is 12.3. The molecule has 0 aliphatic heterocycles. The summed E-state index contributed by atoms with van der Waals surface area (Å²) in [4.78, 5) is 15.0. The van der Waals surface area contributed by atoms with Crippen molar-refractivity contribution in [1.82, 2.24) is 4.98 Å². The van der Waals surface area contributed by atoms with Gasteiger partial charge in [-0.05, 0) is 17.7 Å². The topological polar surface area (TPSA) is 85.4 Å². The van der Waals surface area contributed by atoms with Crippen molar-refractivity contribution in [3.8, 4) is 5.75 Å². The summed E-state index contributed by atoms with van der Waals surface area (Å²) in [5.74, 6) is -0.271. The molecule has 0 spiro atoms. The Hall–Kier alpha value is -2.14. The monoisotopic (exact) mass is 246 g/mol. The molecule has 0 bridgehead atoms. The minimum absolute atomic E-state index is 0.115. The number of fused-ring (bicyclic) bond motifs is 1. The van der Waals surface area contributed by atoms with Crippen LogP contribution in [-0.2, 0) is 4.79 Å². The number of aromatic nitrogens is 1. The van der Waals surface area contributed by atoms with Crippen LogP contribution in [0.1, 0.15) is 18.0 Å². The zero-order valence-corrected chi connectivity index (χ0v) is 9.96. The molecule has 0 radical (unpaired) electrons. The fourth-order valence-electron chi connectivity index (χ4n) is 1.95. The fraction of sp³-hybridized carbons (Fsp3) is 0.231. The van der Waals surface area contributed by atoms with Gasteiger partial charge < -0.3 is 15.6 Å². The van der Waals surface area contributed by atoms with Gasteiger partial charge in [0.1, 0.15) is 11.3 Å². The molecule has 94 valence electrons. The van der Waals surface area contributed by atoms with Crippen LogP contribution in [0.4, 0.5) is 0 Å². The molecule has 0 saturated heterocycles. The Bertz CT molecular complexity index is 583. The lowest BCUT2D eigenvalue weighted by Crippen LogP contribution is -2.15. The second kappa shape index (κ2) is 5.01. The highest BCUT2D eigenvalue weighted by Crippen LogP contribution is 2.30. The molecule has 0 fully saturated rings. The molecule has 0 aliphatic carbocycles. The number of nitrogens with two attached hydrogens (primary N) is 1. The van der Waals surface area contributed by atoms with E-state index < -0.39 is 12.0 Å². The third kappa shape index (κ3) is 2.26. The summed E-state index contributed by atoms with van der Waals surface area (Å²) in [6.07, 6.45) is 1.55. The van der Waals surface area contributed by atoms with Crippen LogP contribution in [0.5, 0.6) is 5.75 Å². The van der Waals surface area contributed by atoms with E-state index in [0.717, 1.165) is 10.9 Å². The van der Waals surface area contributed by atoms with Crippen molar-refractivity contribution in [2.75, 3.05) is 7.11 Å². The van der Waals surface area contributed by atoms with Gasteiger partial charge in [0.15, 0.2) is 0 Å². The van der Waals surface area contributed by atoms with Crippen molar-refractivity contribution in [3.63, 3.8) is 0 Å². The standard InChI is InChI=1S/C13H14N2O3/c1-18-11-5-4-8(10(14)7-12(16)17)9-3-2-6-15-13(9)11/h2-6,10H,7,14H2,1H3,(H,16,17). The quantitative estimate of drug-likeness (QED) is 0.857. The van der Waals surface area contributed by atoms with Crippen LogP contribution in [0.3, 0.4) is 0 Å². The van der Waals surface area contributed by atoms with Gasteiger partial charge in [0.25, 0.3) is 0 Å². The van der Waals surface area contributed by atoms with Crippen LogP contribution < -0.4 is 10.5 Å². The number of carboxylic acids is 1. The first-order valence-electron chi connectivity index (χ1n) is 5.52. The maximum absolute atomic E-state index is 10.7. The van der Waals surface area contributed by atoms with Crippen LogP contribution in [0.25, 0.3) is 10.9 Å². The zero-order chi connectivity index (χ0) is 13.1. The second-order valence-corrected chi connectivity index (χ2v) is 3.96. The smallest absolute Gasteiger partial charge is 0.305 e. The van der Waals surface area contributed by atoms with Crippen LogP contribution >= 0.6 is 0 Å². The van der Waals surface area contributed by atoms with Gasteiger partial charge in [-0.1, -0.05) is 12.1 Å². The highest BCUT2D eigenvalue weighted by molar-refractivity contribution is 5.88. The fourth-order valence-corrected chi connectivity index (χ4v) is 1.95. The molecule has 2 aromatic rings. The van der Waals surface area contributed by atoms with Crippen LogP contribution in [0.2, 0.25) is 0 Å². The molecule has 1 aromatic heterocycles. The van der Waals surface area contributed by atoms with Gasteiger partial charge in [-0.25, -0.2) is 0 Å². The van der Waals surface area contributed by atoms with Crippen molar-refractivity contribution >= 4 is 16.9 Å². The van der Waals surface area contributed by atoms with Crippen molar-refractivity contribution in [3.05, 3.63) is 36.0 Å². The largest absolute Gasteiger partial charge is 0.494 e. The minimum Gasteiger partial charge on any atom is -0.494 e. The lowest BCUT2D eigenvalue weighted by molar-refractivity contribution is -0.137. The summed E-state index contributed by atoms with van der Waals surface area (Å²) in [5, 5.41) is 9.62. The van der Waals surface area contributed by atoms with Gasteiger partial charge in [0, 0.05) is 17.6 Å². The van der Waals surface area contributed by atoms with Crippen LogP contribution in [0, 0.1) is 0 Å². The SMILES string of the molecule is COc1ccc(C(N)CC(=O)O)c2cccnc12. The van der Waals surface area contributed by atoms with E-state index in [1.165, 1.54) is 0 Å². The van der Waals surface area contributed by atoms with Gasteiger partial charge in [-0.2, -0.15) is 0 Å². The van der Waals surface area contributed by atoms with E-state index in [-0.39, 0.29) is 6.42 Å². The number of pyridine rings is 1. The highest BCUT2D eigenvalue weighted by Gasteiger charge is 2.15. The van der Waals surface area contributed by atoms with Crippen molar-refractivity contribution in [1.29, 1.82) is 0 Å². The average Bonchev–Trinajstić information content (AvgIpc) is 2.36. The summed E-state index contributed by atoms with van der Waals surface area (Å²) >= 11 is 0. The van der Waals surface area contributed by atoms with E-state index in [2.05, 4.69) is 4.98 Å². The summed E-state index contributed by atoms with van der Waals surface area (Å²) < 4.78 is 5.22. The number of hydrogen-bond donors (Lipinski definition) is 2. The van der Waals surface area contributed by atoms with E-state index >= 15 is 0 Å². The van der Waals surface area contributed by atoms with Crippen molar-refractivity contribution < 1.29 is 14.6 Å². The summed E-state index contributed by atoms with van der Waals surface area (Å²) in [6, 6.07) is 6.64. The van der Waals surface area contributed by atoms with Gasteiger partial charge in [-0.3, -0.25) is 9.78 Å². The predicted octanol–water partition coefficient (Wildman–Crippen LogP) is 1.72. The predicted molar refractivity (Wildman–Crippen MR) is 67.5 cm³/mol. The highest BCUT2D eigenvalue weighted by atomic mass is 16.5. The third-order valence-electron chi connectivity index (χ3n) is 2.78. The third-order valence-corrected chi connectivity index (χ3v) is 2.78. The van der Waals surface area contributed by atoms with Gasteiger partial charge in [0.05, 0.1) is 13.5 Å². The average molecular weight is 246 g/mol. The van der Waals surface area contributed by atoms with E-state index in [0.29, 0.717) is 11.3 Å². The molecule has 5 heteroatoms. The second-order valence-electron chi connectivity index (χ2n) is 3.96. The summed E-state index contributed by atoms with van der Waals surface area (Å²) in [7, 11) is 1.57. The minimum atomic E-state index is -0.921. The molecule has 2 rings (SSSR count). The molecule has 5 nitrogen and oxygen atoms in total. The number of rotatable bonds is 4. The molecule has 0 saturated carbocycles. The number of carboxylic acid groups (broad SMARTS) is 1. The number of aliphatic carboxylic acids is 1.